The van der Waals surface area contributed by atoms with E-state index in [4.69, 9.17) is 4.74 Å². The van der Waals surface area contributed by atoms with Gasteiger partial charge >= 0.3 is 5.97 Å². The average molecular weight is 367 g/mol. The number of nitrogens with one attached hydrogen (secondary N) is 1. The number of carbonyl (C=O) groups is 3. The van der Waals surface area contributed by atoms with Crippen molar-refractivity contribution >= 4 is 35.6 Å². The van der Waals surface area contributed by atoms with Crippen LogP contribution in [0.2, 0.25) is 0 Å². The molecule has 1 fully saturated rings. The minimum absolute atomic E-state index is 0.129. The first kappa shape index (κ1) is 17.9. The number of hydrogen-bond acceptors (Lipinski definition) is 5. The molecular formula is C20H17NO4S. The maximum atomic E-state index is 12.4. The molecular weight excluding hydrogens is 350 g/mol. The molecule has 1 saturated heterocycles. The van der Waals surface area contributed by atoms with E-state index in [1.54, 1.807) is 18.2 Å². The number of benzene rings is 2. The highest BCUT2D eigenvalue weighted by molar-refractivity contribution is 7.98. The lowest BCUT2D eigenvalue weighted by Gasteiger charge is -2.12. The van der Waals surface area contributed by atoms with E-state index in [2.05, 4.69) is 11.9 Å². The number of esters is 1. The van der Waals surface area contributed by atoms with Gasteiger partial charge in [0.2, 0.25) is 5.91 Å². The third-order valence-electron chi connectivity index (χ3n) is 3.89. The summed E-state index contributed by atoms with van der Waals surface area (Å²) in [5.74, 6) is -0.927. The van der Waals surface area contributed by atoms with Gasteiger partial charge in [-0.05, 0) is 23.3 Å². The monoisotopic (exact) mass is 367 g/mol. The van der Waals surface area contributed by atoms with Crippen molar-refractivity contribution in [3.05, 3.63) is 71.8 Å². The quantitative estimate of drug-likeness (QED) is 0.482. The van der Waals surface area contributed by atoms with E-state index >= 15 is 0 Å². The van der Waals surface area contributed by atoms with Crippen LogP contribution in [0.1, 0.15) is 27.9 Å². The molecule has 1 N–H and O–H groups in total. The van der Waals surface area contributed by atoms with Crippen LogP contribution in [0.25, 0.3) is 6.08 Å². The predicted molar refractivity (Wildman–Crippen MR) is 99.5 cm³/mol. The lowest BCUT2D eigenvalue weighted by molar-refractivity contribution is -0.128. The van der Waals surface area contributed by atoms with Crippen molar-refractivity contribution in [1.82, 2.24) is 5.32 Å². The molecule has 0 aromatic heterocycles. The van der Waals surface area contributed by atoms with Gasteiger partial charge in [-0.2, -0.15) is 0 Å². The van der Waals surface area contributed by atoms with Gasteiger partial charge < -0.3 is 4.74 Å². The zero-order valence-corrected chi connectivity index (χ0v) is 14.8. The SMILES string of the molecule is C=Cc1ccc(CSc2ccccc2C(=O)OC2CC(=O)NC2=O)cc1. The number of hydrogen-bond donors (Lipinski definition) is 1. The van der Waals surface area contributed by atoms with Crippen molar-refractivity contribution in [1.29, 1.82) is 0 Å². The Balaban J connectivity index is 1.68. The molecule has 0 radical (unpaired) electrons. The van der Waals surface area contributed by atoms with Gasteiger partial charge in [-0.3, -0.25) is 14.9 Å². The minimum Gasteiger partial charge on any atom is -0.448 e. The lowest BCUT2D eigenvalue weighted by Crippen LogP contribution is -2.28. The third kappa shape index (κ3) is 4.21. The van der Waals surface area contributed by atoms with Gasteiger partial charge in [0.1, 0.15) is 0 Å². The number of rotatable bonds is 6. The highest BCUT2D eigenvalue weighted by Crippen LogP contribution is 2.27. The smallest absolute Gasteiger partial charge is 0.340 e. The first-order valence-electron chi connectivity index (χ1n) is 8.04. The second-order valence-corrected chi connectivity index (χ2v) is 6.76. The Morgan fingerprint density at radius 2 is 1.92 bits per heavy atom. The first-order chi connectivity index (χ1) is 12.6. The van der Waals surface area contributed by atoms with E-state index in [1.165, 1.54) is 11.8 Å². The number of ether oxygens (including phenoxy) is 1. The molecule has 6 heteroatoms. The zero-order valence-electron chi connectivity index (χ0n) is 13.9. The maximum absolute atomic E-state index is 12.4. The fourth-order valence-electron chi connectivity index (χ4n) is 2.49. The van der Waals surface area contributed by atoms with Crippen LogP contribution in [-0.2, 0) is 20.1 Å². The molecule has 1 aliphatic rings. The van der Waals surface area contributed by atoms with Crippen molar-refractivity contribution < 1.29 is 19.1 Å². The number of thioether (sulfide) groups is 1. The van der Waals surface area contributed by atoms with Gasteiger partial charge in [0, 0.05) is 10.6 Å². The summed E-state index contributed by atoms with van der Waals surface area (Å²) in [5, 5.41) is 2.13. The molecule has 0 saturated carbocycles. The Bertz CT molecular complexity index is 860. The van der Waals surface area contributed by atoms with Crippen LogP contribution in [0.15, 0.2) is 60.0 Å². The van der Waals surface area contributed by atoms with E-state index in [9.17, 15) is 14.4 Å². The van der Waals surface area contributed by atoms with Crippen LogP contribution in [0.5, 0.6) is 0 Å². The molecule has 5 nitrogen and oxygen atoms in total. The van der Waals surface area contributed by atoms with Crippen LogP contribution in [0.4, 0.5) is 0 Å². The predicted octanol–water partition coefficient (Wildman–Crippen LogP) is 3.19. The minimum atomic E-state index is -1.06. The average Bonchev–Trinajstić information content (AvgIpc) is 2.97. The second kappa shape index (κ2) is 8.01. The summed E-state index contributed by atoms with van der Waals surface area (Å²) in [5.41, 5.74) is 2.55. The summed E-state index contributed by atoms with van der Waals surface area (Å²) < 4.78 is 5.21. The molecule has 1 unspecified atom stereocenters. The summed E-state index contributed by atoms with van der Waals surface area (Å²) in [7, 11) is 0. The molecule has 1 aliphatic heterocycles. The van der Waals surface area contributed by atoms with Gasteiger partial charge in [0.15, 0.2) is 6.10 Å². The molecule has 2 aromatic rings. The van der Waals surface area contributed by atoms with Crippen molar-refractivity contribution in [3.63, 3.8) is 0 Å². The highest BCUT2D eigenvalue weighted by Gasteiger charge is 2.34. The number of imide groups is 1. The molecule has 26 heavy (non-hydrogen) atoms. The summed E-state index contributed by atoms with van der Waals surface area (Å²) in [4.78, 5) is 36.0. The van der Waals surface area contributed by atoms with Gasteiger partial charge in [0.25, 0.3) is 5.91 Å². The third-order valence-corrected chi connectivity index (χ3v) is 5.04. The molecule has 3 rings (SSSR count). The summed E-state index contributed by atoms with van der Waals surface area (Å²) in [6, 6.07) is 15.1. The Kier molecular flexibility index (Phi) is 5.53. The summed E-state index contributed by atoms with van der Waals surface area (Å²) in [6.45, 7) is 3.73. The van der Waals surface area contributed by atoms with Crippen molar-refractivity contribution in [2.75, 3.05) is 0 Å². The Morgan fingerprint density at radius 1 is 1.19 bits per heavy atom. The number of amides is 2. The molecule has 2 aromatic carbocycles. The lowest BCUT2D eigenvalue weighted by atomic mass is 10.1. The van der Waals surface area contributed by atoms with Crippen LogP contribution in [0.3, 0.4) is 0 Å². The number of carbonyl (C=O) groups excluding carboxylic acids is 3. The highest BCUT2D eigenvalue weighted by atomic mass is 32.2. The molecule has 1 heterocycles. The topological polar surface area (TPSA) is 72.5 Å². The van der Waals surface area contributed by atoms with Crippen LogP contribution in [0, 0.1) is 0 Å². The fraction of sp³-hybridized carbons (Fsp3) is 0.150. The van der Waals surface area contributed by atoms with E-state index in [-0.39, 0.29) is 6.42 Å². The maximum Gasteiger partial charge on any atom is 0.340 e. The van der Waals surface area contributed by atoms with Gasteiger partial charge in [0.05, 0.1) is 12.0 Å². The Labute approximate surface area is 155 Å². The molecule has 0 spiro atoms. The Morgan fingerprint density at radius 3 is 2.58 bits per heavy atom. The fourth-order valence-corrected chi connectivity index (χ4v) is 3.49. The van der Waals surface area contributed by atoms with Crippen LogP contribution in [-0.4, -0.2) is 23.9 Å². The van der Waals surface area contributed by atoms with Crippen molar-refractivity contribution in [2.45, 2.75) is 23.2 Å². The first-order valence-corrected chi connectivity index (χ1v) is 9.03. The van der Waals surface area contributed by atoms with Crippen LogP contribution < -0.4 is 5.32 Å². The van der Waals surface area contributed by atoms with Crippen molar-refractivity contribution in [2.24, 2.45) is 0 Å². The normalized spacial score (nSPS) is 16.2. The van der Waals surface area contributed by atoms with E-state index in [1.807, 2.05) is 36.4 Å². The molecule has 2 amide bonds. The van der Waals surface area contributed by atoms with E-state index in [0.717, 1.165) is 16.0 Å². The molecule has 0 aliphatic carbocycles. The van der Waals surface area contributed by atoms with Gasteiger partial charge in [-0.1, -0.05) is 49.1 Å². The zero-order chi connectivity index (χ0) is 18.5. The standard InChI is InChI=1S/C20H17NO4S/c1-2-13-7-9-14(10-8-13)12-26-17-6-4-3-5-15(17)20(24)25-16-11-18(22)21-19(16)23/h2-10,16H,1,11-12H2,(H,21,22,23). The van der Waals surface area contributed by atoms with Crippen LogP contribution >= 0.6 is 11.8 Å². The van der Waals surface area contributed by atoms with E-state index in [0.29, 0.717) is 11.3 Å². The molecule has 0 bridgehead atoms. The molecule has 132 valence electrons. The summed E-state index contributed by atoms with van der Waals surface area (Å²) >= 11 is 1.51. The molecule has 1 atom stereocenters. The largest absolute Gasteiger partial charge is 0.448 e. The summed E-state index contributed by atoms with van der Waals surface area (Å²) in [6.07, 6.45) is 0.598. The van der Waals surface area contributed by atoms with Gasteiger partial charge in [-0.15, -0.1) is 11.8 Å². The second-order valence-electron chi connectivity index (χ2n) is 5.74. The van der Waals surface area contributed by atoms with Crippen molar-refractivity contribution in [3.8, 4) is 0 Å². The Hall–Kier alpha value is -2.86. The van der Waals surface area contributed by atoms with Gasteiger partial charge in [-0.25, -0.2) is 4.79 Å². The van der Waals surface area contributed by atoms with E-state index < -0.39 is 23.9 Å².